The standard InChI is InChI=1S/C25H23FN4O4/c1-14-19-12-17(33-21-10-11-27-23-18(21)7-9-22(31)29-23)6-8-20(19)34-24(14)30-25(32)28-13-15-2-4-16(26)5-3-15/h2-6,8,10-12,14,24H,7,9,13H2,1H3,(H,27,29,31)(H2,28,30,32)/t14-,24+/m0/s1. The Hall–Kier alpha value is -4.14. The summed E-state index contributed by atoms with van der Waals surface area (Å²) in [7, 11) is 0. The largest absolute Gasteiger partial charge is 0.470 e. The van der Waals surface area contributed by atoms with Crippen LogP contribution in [0.25, 0.3) is 0 Å². The van der Waals surface area contributed by atoms with Crippen LogP contribution >= 0.6 is 0 Å². The summed E-state index contributed by atoms with van der Waals surface area (Å²) in [6.07, 6.45) is 2.01. The maximum Gasteiger partial charge on any atom is 0.317 e. The molecule has 0 bridgehead atoms. The molecule has 3 N–H and O–H groups in total. The topological polar surface area (TPSA) is 102 Å². The SMILES string of the molecule is C[C@H]1c2cc(Oc3ccnc4c3CCC(=O)N4)ccc2O[C@H]1NC(=O)NCc1ccc(F)cc1. The van der Waals surface area contributed by atoms with Crippen LogP contribution in [0, 0.1) is 5.82 Å². The summed E-state index contributed by atoms with van der Waals surface area (Å²) >= 11 is 0. The van der Waals surface area contributed by atoms with Crippen LogP contribution < -0.4 is 25.4 Å². The predicted octanol–water partition coefficient (Wildman–Crippen LogP) is 4.22. The molecule has 2 atom stereocenters. The summed E-state index contributed by atoms with van der Waals surface area (Å²) in [5.74, 6) is 1.99. The number of nitrogens with one attached hydrogen (secondary N) is 3. The van der Waals surface area contributed by atoms with Crippen molar-refractivity contribution < 1.29 is 23.5 Å². The summed E-state index contributed by atoms with van der Waals surface area (Å²) in [4.78, 5) is 28.2. The summed E-state index contributed by atoms with van der Waals surface area (Å²) < 4.78 is 25.1. The zero-order chi connectivity index (χ0) is 23.7. The van der Waals surface area contributed by atoms with E-state index in [0.717, 1.165) is 16.7 Å². The van der Waals surface area contributed by atoms with Crippen molar-refractivity contribution in [2.75, 3.05) is 5.32 Å². The number of anilines is 1. The molecule has 2 aliphatic heterocycles. The van der Waals surface area contributed by atoms with Crippen LogP contribution in [-0.2, 0) is 17.8 Å². The van der Waals surface area contributed by atoms with Gasteiger partial charge in [-0.15, -0.1) is 0 Å². The third kappa shape index (κ3) is 4.50. The zero-order valence-electron chi connectivity index (χ0n) is 18.4. The third-order valence-electron chi connectivity index (χ3n) is 5.92. The maximum atomic E-state index is 13.0. The van der Waals surface area contributed by atoms with Gasteiger partial charge in [-0.3, -0.25) is 4.79 Å². The molecule has 2 aromatic carbocycles. The number of aromatic nitrogens is 1. The zero-order valence-corrected chi connectivity index (χ0v) is 18.4. The highest BCUT2D eigenvalue weighted by Crippen LogP contribution is 2.41. The van der Waals surface area contributed by atoms with Crippen LogP contribution in [0.1, 0.15) is 36.0 Å². The Morgan fingerprint density at radius 2 is 2.03 bits per heavy atom. The van der Waals surface area contributed by atoms with Gasteiger partial charge in [0.1, 0.15) is 28.9 Å². The molecule has 0 spiro atoms. The van der Waals surface area contributed by atoms with Gasteiger partial charge >= 0.3 is 6.03 Å². The second kappa shape index (κ2) is 9.01. The number of urea groups is 1. The second-order valence-electron chi connectivity index (χ2n) is 8.27. The average molecular weight is 462 g/mol. The number of fused-ring (bicyclic) bond motifs is 2. The molecule has 5 rings (SSSR count). The van der Waals surface area contributed by atoms with E-state index in [0.29, 0.717) is 35.9 Å². The van der Waals surface area contributed by atoms with Crippen LogP contribution in [0.4, 0.5) is 15.0 Å². The van der Waals surface area contributed by atoms with Gasteiger partial charge in [-0.2, -0.15) is 0 Å². The highest BCUT2D eigenvalue weighted by Gasteiger charge is 2.32. The quantitative estimate of drug-likeness (QED) is 0.527. The number of carbonyl (C=O) groups is 2. The molecule has 0 fully saturated rings. The summed E-state index contributed by atoms with van der Waals surface area (Å²) in [6, 6.07) is 12.9. The fourth-order valence-electron chi connectivity index (χ4n) is 4.05. The van der Waals surface area contributed by atoms with Crippen molar-refractivity contribution in [3.05, 3.63) is 77.2 Å². The molecule has 0 unspecified atom stereocenters. The first-order chi connectivity index (χ1) is 16.5. The first-order valence-electron chi connectivity index (χ1n) is 11.0. The number of hydrogen-bond acceptors (Lipinski definition) is 5. The van der Waals surface area contributed by atoms with Gasteiger partial charge in [0.25, 0.3) is 0 Å². The van der Waals surface area contributed by atoms with E-state index in [1.165, 1.54) is 12.1 Å². The van der Waals surface area contributed by atoms with Gasteiger partial charge in [-0.1, -0.05) is 19.1 Å². The van der Waals surface area contributed by atoms with Gasteiger partial charge in [0.15, 0.2) is 6.23 Å². The lowest BCUT2D eigenvalue weighted by molar-refractivity contribution is -0.116. The highest BCUT2D eigenvalue weighted by atomic mass is 19.1. The van der Waals surface area contributed by atoms with E-state index in [4.69, 9.17) is 9.47 Å². The Labute approximate surface area is 195 Å². The van der Waals surface area contributed by atoms with E-state index in [-0.39, 0.29) is 30.2 Å². The van der Waals surface area contributed by atoms with Gasteiger partial charge in [0, 0.05) is 36.2 Å². The monoisotopic (exact) mass is 462 g/mol. The molecule has 34 heavy (non-hydrogen) atoms. The van der Waals surface area contributed by atoms with Crippen LogP contribution in [0.5, 0.6) is 17.2 Å². The molecule has 0 radical (unpaired) electrons. The molecule has 9 heteroatoms. The van der Waals surface area contributed by atoms with Crippen molar-refractivity contribution in [2.24, 2.45) is 0 Å². The summed E-state index contributed by atoms with van der Waals surface area (Å²) in [5, 5.41) is 8.36. The minimum absolute atomic E-state index is 0.0547. The number of nitrogens with zero attached hydrogens (tertiary/aromatic N) is 1. The van der Waals surface area contributed by atoms with Crippen molar-refractivity contribution in [1.82, 2.24) is 15.6 Å². The van der Waals surface area contributed by atoms with Crippen molar-refractivity contribution in [1.29, 1.82) is 0 Å². The van der Waals surface area contributed by atoms with E-state index in [9.17, 15) is 14.0 Å². The molecule has 2 aliphatic rings. The van der Waals surface area contributed by atoms with Crippen LogP contribution in [0.2, 0.25) is 0 Å². The number of hydrogen-bond donors (Lipinski definition) is 3. The van der Waals surface area contributed by atoms with Crippen molar-refractivity contribution in [3.63, 3.8) is 0 Å². The number of benzene rings is 2. The minimum atomic E-state index is -0.539. The molecule has 3 aromatic rings. The lowest BCUT2D eigenvalue weighted by Gasteiger charge is -2.19. The predicted molar refractivity (Wildman–Crippen MR) is 122 cm³/mol. The Bertz CT molecular complexity index is 1250. The molecule has 1 aromatic heterocycles. The Kier molecular flexibility index (Phi) is 5.75. The number of rotatable bonds is 5. The number of pyridine rings is 1. The normalized spacial score (nSPS) is 18.2. The molecule has 3 heterocycles. The lowest BCUT2D eigenvalue weighted by atomic mass is 10.0. The molecule has 8 nitrogen and oxygen atoms in total. The maximum absolute atomic E-state index is 13.0. The molecule has 0 saturated heterocycles. The molecule has 0 saturated carbocycles. The van der Waals surface area contributed by atoms with Crippen LogP contribution in [0.15, 0.2) is 54.7 Å². The molecule has 0 aliphatic carbocycles. The van der Waals surface area contributed by atoms with E-state index >= 15 is 0 Å². The fourth-order valence-corrected chi connectivity index (χ4v) is 4.05. The van der Waals surface area contributed by atoms with E-state index in [2.05, 4.69) is 20.9 Å². The van der Waals surface area contributed by atoms with Gasteiger partial charge in [0.2, 0.25) is 5.91 Å². The van der Waals surface area contributed by atoms with Crippen molar-refractivity contribution >= 4 is 17.8 Å². The average Bonchev–Trinajstić information content (AvgIpc) is 3.13. The van der Waals surface area contributed by atoms with E-state index in [1.807, 2.05) is 19.1 Å². The third-order valence-corrected chi connectivity index (χ3v) is 5.92. The number of halogens is 1. The Morgan fingerprint density at radius 3 is 2.85 bits per heavy atom. The summed E-state index contributed by atoms with van der Waals surface area (Å²) in [6.45, 7) is 2.24. The van der Waals surface area contributed by atoms with Crippen molar-refractivity contribution in [2.45, 2.75) is 38.5 Å². The fraction of sp³-hybridized carbons (Fsp3) is 0.240. The second-order valence-corrected chi connectivity index (χ2v) is 8.27. The Balaban J connectivity index is 1.23. The van der Waals surface area contributed by atoms with Gasteiger partial charge in [-0.25, -0.2) is 14.2 Å². The highest BCUT2D eigenvalue weighted by molar-refractivity contribution is 5.93. The number of amides is 3. The first kappa shape index (κ1) is 21.7. The van der Waals surface area contributed by atoms with E-state index in [1.54, 1.807) is 30.5 Å². The van der Waals surface area contributed by atoms with E-state index < -0.39 is 6.23 Å². The molecular formula is C25H23FN4O4. The van der Waals surface area contributed by atoms with Gasteiger partial charge in [-0.05, 0) is 48.4 Å². The molecule has 174 valence electrons. The lowest BCUT2D eigenvalue weighted by Crippen LogP contribution is -2.45. The van der Waals surface area contributed by atoms with Gasteiger partial charge < -0.3 is 25.4 Å². The van der Waals surface area contributed by atoms with Crippen LogP contribution in [0.3, 0.4) is 0 Å². The minimum Gasteiger partial charge on any atom is -0.470 e. The smallest absolute Gasteiger partial charge is 0.317 e. The summed E-state index contributed by atoms with van der Waals surface area (Å²) in [5.41, 5.74) is 2.57. The number of carbonyl (C=O) groups excluding carboxylic acids is 2. The van der Waals surface area contributed by atoms with Crippen LogP contribution in [-0.4, -0.2) is 23.2 Å². The number of ether oxygens (including phenoxy) is 2. The van der Waals surface area contributed by atoms with Crippen molar-refractivity contribution in [3.8, 4) is 17.2 Å². The first-order valence-corrected chi connectivity index (χ1v) is 11.0. The molecule has 3 amide bonds. The van der Waals surface area contributed by atoms with Gasteiger partial charge in [0.05, 0.1) is 0 Å². The molecular weight excluding hydrogens is 439 g/mol. The Morgan fingerprint density at radius 1 is 1.21 bits per heavy atom.